The van der Waals surface area contributed by atoms with Crippen LogP contribution >= 0.6 is 11.6 Å². The molecule has 4 aromatic rings. The Kier molecular flexibility index (Phi) is 5.96. The molecule has 7 nitrogen and oxygen atoms in total. The van der Waals surface area contributed by atoms with Crippen molar-refractivity contribution in [1.29, 1.82) is 0 Å². The maximum atomic E-state index is 12.9. The summed E-state index contributed by atoms with van der Waals surface area (Å²) in [7, 11) is 0. The number of aromatic nitrogens is 4. The standard InChI is InChI=1S/C25H25ClN6O/c1-2-7-22-28-23(21-17-27-32(24(21)29-22)20-10-4-3-5-11-20)30-12-14-31(15-13-30)25(33)18-8-6-9-19(26)16-18/h3-6,8-11,16-17H,2,7,12-15H2,1H3. The fourth-order valence-corrected chi connectivity index (χ4v) is 4.39. The first-order chi connectivity index (χ1) is 16.1. The second-order valence-electron chi connectivity index (χ2n) is 8.13. The van der Waals surface area contributed by atoms with Crippen LogP contribution < -0.4 is 4.90 Å². The SMILES string of the molecule is CCCc1nc(N2CCN(C(=O)c3cccc(Cl)c3)CC2)c2cnn(-c3ccccc3)c2n1. The zero-order valence-electron chi connectivity index (χ0n) is 18.5. The Morgan fingerprint density at radius 1 is 1.00 bits per heavy atom. The molecule has 0 aliphatic carbocycles. The Morgan fingerprint density at radius 2 is 1.79 bits per heavy atom. The molecule has 0 spiro atoms. The second kappa shape index (κ2) is 9.19. The lowest BCUT2D eigenvalue weighted by atomic mass is 10.2. The topological polar surface area (TPSA) is 67.2 Å². The molecule has 3 heterocycles. The molecule has 5 rings (SSSR count). The third-order valence-electron chi connectivity index (χ3n) is 5.87. The van der Waals surface area contributed by atoms with Crippen LogP contribution in [0.5, 0.6) is 0 Å². The summed E-state index contributed by atoms with van der Waals surface area (Å²) in [6, 6.07) is 17.1. The third kappa shape index (κ3) is 4.28. The van der Waals surface area contributed by atoms with Gasteiger partial charge in [-0.3, -0.25) is 4.79 Å². The Morgan fingerprint density at radius 3 is 2.52 bits per heavy atom. The Labute approximate surface area is 197 Å². The van der Waals surface area contributed by atoms with E-state index in [0.29, 0.717) is 36.8 Å². The Hall–Kier alpha value is -3.45. The minimum absolute atomic E-state index is 0.00792. The van der Waals surface area contributed by atoms with E-state index in [1.807, 2.05) is 58.2 Å². The summed E-state index contributed by atoms with van der Waals surface area (Å²) < 4.78 is 1.87. The van der Waals surface area contributed by atoms with E-state index < -0.39 is 0 Å². The minimum Gasteiger partial charge on any atom is -0.352 e. The fraction of sp³-hybridized carbons (Fsp3) is 0.280. The lowest BCUT2D eigenvalue weighted by Crippen LogP contribution is -2.49. The number of hydrogen-bond acceptors (Lipinski definition) is 5. The van der Waals surface area contributed by atoms with Crippen molar-refractivity contribution in [3.63, 3.8) is 0 Å². The van der Waals surface area contributed by atoms with Crippen LogP contribution in [-0.4, -0.2) is 56.7 Å². The molecule has 2 aromatic heterocycles. The van der Waals surface area contributed by atoms with Crippen LogP contribution in [0.3, 0.4) is 0 Å². The van der Waals surface area contributed by atoms with Gasteiger partial charge >= 0.3 is 0 Å². The molecule has 33 heavy (non-hydrogen) atoms. The van der Waals surface area contributed by atoms with Gasteiger partial charge in [0.25, 0.3) is 5.91 Å². The molecule has 1 fully saturated rings. The van der Waals surface area contributed by atoms with E-state index in [1.165, 1.54) is 0 Å². The summed E-state index contributed by atoms with van der Waals surface area (Å²) in [4.78, 5) is 26.8. The Bertz CT molecular complexity index is 1280. The van der Waals surface area contributed by atoms with Gasteiger partial charge in [-0.25, -0.2) is 14.6 Å². The van der Waals surface area contributed by atoms with Gasteiger partial charge in [0.15, 0.2) is 5.65 Å². The lowest BCUT2D eigenvalue weighted by molar-refractivity contribution is 0.0746. The zero-order valence-corrected chi connectivity index (χ0v) is 19.2. The quantitative estimate of drug-likeness (QED) is 0.442. The number of benzene rings is 2. The van der Waals surface area contributed by atoms with E-state index >= 15 is 0 Å². The number of hydrogen-bond donors (Lipinski definition) is 0. The lowest BCUT2D eigenvalue weighted by Gasteiger charge is -2.35. The van der Waals surface area contributed by atoms with E-state index in [-0.39, 0.29) is 5.91 Å². The molecule has 2 aromatic carbocycles. The zero-order chi connectivity index (χ0) is 22.8. The number of aryl methyl sites for hydroxylation is 1. The number of amides is 1. The average molecular weight is 461 g/mol. The summed E-state index contributed by atoms with van der Waals surface area (Å²) in [6.45, 7) is 4.75. The summed E-state index contributed by atoms with van der Waals surface area (Å²) in [5.74, 6) is 1.71. The van der Waals surface area contributed by atoms with Crippen molar-refractivity contribution < 1.29 is 4.79 Å². The molecule has 1 aliphatic heterocycles. The van der Waals surface area contributed by atoms with Gasteiger partial charge in [-0.2, -0.15) is 5.10 Å². The first-order valence-electron chi connectivity index (χ1n) is 11.2. The highest BCUT2D eigenvalue weighted by molar-refractivity contribution is 6.30. The first kappa shape index (κ1) is 21.4. The van der Waals surface area contributed by atoms with Crippen LogP contribution in [0.2, 0.25) is 5.02 Å². The van der Waals surface area contributed by atoms with Gasteiger partial charge in [0.1, 0.15) is 11.6 Å². The van der Waals surface area contributed by atoms with Crippen molar-refractivity contribution in [2.45, 2.75) is 19.8 Å². The average Bonchev–Trinajstić information content (AvgIpc) is 3.28. The van der Waals surface area contributed by atoms with E-state index in [1.54, 1.807) is 12.1 Å². The van der Waals surface area contributed by atoms with Gasteiger partial charge in [-0.1, -0.05) is 42.8 Å². The number of carbonyl (C=O) groups is 1. The first-order valence-corrected chi connectivity index (χ1v) is 11.6. The molecule has 1 amide bonds. The normalized spacial score (nSPS) is 14.1. The number of fused-ring (bicyclic) bond motifs is 1. The molecule has 0 atom stereocenters. The van der Waals surface area contributed by atoms with Crippen molar-refractivity contribution in [2.75, 3.05) is 31.1 Å². The predicted octanol–water partition coefficient (Wildman–Crippen LogP) is 4.38. The van der Waals surface area contributed by atoms with E-state index in [0.717, 1.165) is 41.2 Å². The summed E-state index contributed by atoms with van der Waals surface area (Å²) in [5.41, 5.74) is 2.40. The van der Waals surface area contributed by atoms with Crippen LogP contribution in [0.15, 0.2) is 60.8 Å². The van der Waals surface area contributed by atoms with Gasteiger partial charge in [0, 0.05) is 43.2 Å². The van der Waals surface area contributed by atoms with Gasteiger partial charge < -0.3 is 9.80 Å². The van der Waals surface area contributed by atoms with Crippen LogP contribution in [0.1, 0.15) is 29.5 Å². The second-order valence-corrected chi connectivity index (χ2v) is 8.57. The van der Waals surface area contributed by atoms with Crippen molar-refractivity contribution in [1.82, 2.24) is 24.6 Å². The number of carbonyl (C=O) groups excluding carboxylic acids is 1. The molecule has 168 valence electrons. The number of anilines is 1. The number of halogens is 1. The van der Waals surface area contributed by atoms with Crippen molar-refractivity contribution in [3.05, 3.63) is 77.2 Å². The molecule has 0 N–H and O–H groups in total. The highest BCUT2D eigenvalue weighted by Crippen LogP contribution is 2.27. The smallest absolute Gasteiger partial charge is 0.254 e. The molecule has 0 bridgehead atoms. The third-order valence-corrected chi connectivity index (χ3v) is 6.10. The number of rotatable bonds is 5. The largest absolute Gasteiger partial charge is 0.352 e. The molecule has 8 heteroatoms. The molecule has 0 radical (unpaired) electrons. The van der Waals surface area contributed by atoms with E-state index in [4.69, 9.17) is 21.6 Å². The van der Waals surface area contributed by atoms with Gasteiger partial charge in [-0.05, 0) is 36.8 Å². The molecule has 1 saturated heterocycles. The highest BCUT2D eigenvalue weighted by Gasteiger charge is 2.25. The van der Waals surface area contributed by atoms with E-state index in [9.17, 15) is 4.79 Å². The highest BCUT2D eigenvalue weighted by atomic mass is 35.5. The van der Waals surface area contributed by atoms with Gasteiger partial charge in [-0.15, -0.1) is 0 Å². The number of piperazine rings is 1. The summed E-state index contributed by atoms with van der Waals surface area (Å²) in [6.07, 6.45) is 3.61. The van der Waals surface area contributed by atoms with Crippen LogP contribution in [-0.2, 0) is 6.42 Å². The van der Waals surface area contributed by atoms with E-state index in [2.05, 4.69) is 16.9 Å². The molecule has 1 aliphatic rings. The Balaban J connectivity index is 1.43. The van der Waals surface area contributed by atoms with Crippen molar-refractivity contribution in [3.8, 4) is 5.69 Å². The van der Waals surface area contributed by atoms with Gasteiger partial charge in [0.2, 0.25) is 0 Å². The monoisotopic (exact) mass is 460 g/mol. The maximum Gasteiger partial charge on any atom is 0.254 e. The minimum atomic E-state index is 0.00792. The molecule has 0 unspecified atom stereocenters. The van der Waals surface area contributed by atoms with Crippen LogP contribution in [0.4, 0.5) is 5.82 Å². The van der Waals surface area contributed by atoms with Crippen LogP contribution in [0.25, 0.3) is 16.7 Å². The molecular formula is C25H25ClN6O. The number of nitrogens with zero attached hydrogens (tertiary/aromatic N) is 6. The van der Waals surface area contributed by atoms with Crippen molar-refractivity contribution >= 4 is 34.4 Å². The van der Waals surface area contributed by atoms with Crippen molar-refractivity contribution in [2.24, 2.45) is 0 Å². The molecular weight excluding hydrogens is 436 g/mol. The maximum absolute atomic E-state index is 12.9. The predicted molar refractivity (Wildman–Crippen MR) is 130 cm³/mol. The fourth-order valence-electron chi connectivity index (χ4n) is 4.20. The number of para-hydroxylation sites is 1. The molecule has 0 saturated carbocycles. The summed E-state index contributed by atoms with van der Waals surface area (Å²) >= 11 is 6.07. The summed E-state index contributed by atoms with van der Waals surface area (Å²) in [5, 5.41) is 6.12. The van der Waals surface area contributed by atoms with Crippen LogP contribution in [0, 0.1) is 0 Å². The van der Waals surface area contributed by atoms with Gasteiger partial charge in [0.05, 0.1) is 17.3 Å².